The summed E-state index contributed by atoms with van der Waals surface area (Å²) in [6, 6.07) is 10.7. The van der Waals surface area contributed by atoms with Crippen molar-refractivity contribution in [2.75, 3.05) is 12.8 Å². The van der Waals surface area contributed by atoms with E-state index < -0.39 is 0 Å². The van der Waals surface area contributed by atoms with E-state index in [0.29, 0.717) is 28.3 Å². The van der Waals surface area contributed by atoms with Gasteiger partial charge in [-0.2, -0.15) is 0 Å². The highest BCUT2D eigenvalue weighted by atomic mass is 79.9. The second-order valence-corrected chi connectivity index (χ2v) is 6.77. The molecule has 0 aliphatic rings. The first-order chi connectivity index (χ1) is 13.5. The number of aromatic hydroxyl groups is 1. The minimum absolute atomic E-state index is 0.0539. The molecule has 3 rings (SSSR count). The van der Waals surface area contributed by atoms with Gasteiger partial charge in [0, 0.05) is 33.4 Å². The number of hydrogen-bond donors (Lipinski definition) is 5. The van der Waals surface area contributed by atoms with E-state index in [-0.39, 0.29) is 11.6 Å². The van der Waals surface area contributed by atoms with Gasteiger partial charge in [0.15, 0.2) is 5.88 Å². The Bertz CT molecular complexity index is 1130. The van der Waals surface area contributed by atoms with Crippen LogP contribution in [0.1, 0.15) is 11.1 Å². The number of methoxy groups -OCH3 is 1. The minimum atomic E-state index is -0.0539. The zero-order chi connectivity index (χ0) is 20.3. The number of ether oxygens (including phenoxy) is 1. The van der Waals surface area contributed by atoms with E-state index in [1.807, 2.05) is 18.2 Å². The van der Waals surface area contributed by atoms with Gasteiger partial charge in [-0.15, -0.1) is 0 Å². The van der Waals surface area contributed by atoms with E-state index in [4.69, 9.17) is 21.3 Å². The van der Waals surface area contributed by atoms with Crippen molar-refractivity contribution in [3.63, 3.8) is 0 Å². The Labute approximate surface area is 169 Å². The summed E-state index contributed by atoms with van der Waals surface area (Å²) < 4.78 is 6.16. The number of nitrogens with two attached hydrogens (primary N) is 1. The van der Waals surface area contributed by atoms with Crippen LogP contribution in [0.2, 0.25) is 0 Å². The van der Waals surface area contributed by atoms with Crippen LogP contribution in [0, 0.1) is 10.8 Å². The number of halogens is 1. The van der Waals surface area contributed by atoms with Gasteiger partial charge in [-0.1, -0.05) is 22.0 Å². The number of nitrogens with one attached hydrogen (secondary N) is 3. The maximum atomic E-state index is 10.6. The standard InChI is InChI=1S/C20H18BrN5O2/c1-28-17-8-11(2-4-15(17)24)19(25-13(10-23)6-7-22)18-14-9-12(21)3-5-16(14)26-20(18)27/h2-10,22-23,26-27H,24H2,1H3/b13-6+,22-7?,23-10?,25-19?. The molecule has 0 saturated heterocycles. The molecule has 8 heteroatoms. The van der Waals surface area contributed by atoms with Gasteiger partial charge in [0.2, 0.25) is 0 Å². The number of aromatic nitrogens is 1. The third kappa shape index (κ3) is 3.67. The van der Waals surface area contributed by atoms with Crippen molar-refractivity contribution in [2.45, 2.75) is 0 Å². The zero-order valence-electron chi connectivity index (χ0n) is 15.0. The minimum Gasteiger partial charge on any atom is -0.495 e. The number of fused-ring (bicyclic) bond motifs is 1. The Hall–Kier alpha value is -3.39. The van der Waals surface area contributed by atoms with Crippen molar-refractivity contribution < 1.29 is 9.84 Å². The van der Waals surface area contributed by atoms with E-state index in [1.165, 1.54) is 13.2 Å². The summed E-state index contributed by atoms with van der Waals surface area (Å²) in [6.07, 6.45) is 3.49. The van der Waals surface area contributed by atoms with Gasteiger partial charge in [0.25, 0.3) is 0 Å². The first kappa shape index (κ1) is 19.4. The molecule has 7 nitrogen and oxygen atoms in total. The molecule has 0 spiro atoms. The van der Waals surface area contributed by atoms with E-state index >= 15 is 0 Å². The molecule has 0 aliphatic carbocycles. The first-order valence-electron chi connectivity index (χ1n) is 8.22. The third-order valence-electron chi connectivity index (χ3n) is 4.13. The largest absolute Gasteiger partial charge is 0.495 e. The Balaban J connectivity index is 2.35. The average Bonchev–Trinajstić information content (AvgIpc) is 3.00. The molecule has 0 radical (unpaired) electrons. The fourth-order valence-electron chi connectivity index (χ4n) is 2.85. The van der Waals surface area contributed by atoms with Gasteiger partial charge >= 0.3 is 0 Å². The second kappa shape index (κ2) is 8.10. The molecule has 0 atom stereocenters. The summed E-state index contributed by atoms with van der Waals surface area (Å²) in [5.41, 5.74) is 8.92. The molecule has 28 heavy (non-hydrogen) atoms. The van der Waals surface area contributed by atoms with Crippen LogP contribution < -0.4 is 10.5 Å². The lowest BCUT2D eigenvalue weighted by atomic mass is 10.00. The van der Waals surface area contributed by atoms with E-state index in [9.17, 15) is 5.11 Å². The van der Waals surface area contributed by atoms with E-state index in [2.05, 4.69) is 25.9 Å². The smallest absolute Gasteiger partial charge is 0.199 e. The van der Waals surface area contributed by atoms with Crippen LogP contribution >= 0.6 is 15.9 Å². The van der Waals surface area contributed by atoms with Gasteiger partial charge < -0.3 is 31.4 Å². The second-order valence-electron chi connectivity index (χ2n) is 5.86. The van der Waals surface area contributed by atoms with Crippen molar-refractivity contribution in [2.24, 2.45) is 4.99 Å². The Kier molecular flexibility index (Phi) is 5.60. The Morgan fingerprint density at radius 1 is 1.25 bits per heavy atom. The lowest BCUT2D eigenvalue weighted by Crippen LogP contribution is -2.06. The molecule has 1 aromatic heterocycles. The summed E-state index contributed by atoms with van der Waals surface area (Å²) >= 11 is 3.45. The molecule has 0 bridgehead atoms. The van der Waals surface area contributed by atoms with Crippen molar-refractivity contribution >= 4 is 50.7 Å². The quantitative estimate of drug-likeness (QED) is 0.290. The first-order valence-corrected chi connectivity index (χ1v) is 9.02. The zero-order valence-corrected chi connectivity index (χ0v) is 16.5. The Morgan fingerprint density at radius 3 is 2.71 bits per heavy atom. The van der Waals surface area contributed by atoms with Crippen LogP contribution in [-0.4, -0.2) is 35.3 Å². The Morgan fingerprint density at radius 2 is 2.04 bits per heavy atom. The fraction of sp³-hybridized carbons (Fsp3) is 0.0500. The van der Waals surface area contributed by atoms with Gasteiger partial charge in [-0.3, -0.25) is 0 Å². The molecule has 0 aliphatic heterocycles. The number of nitrogen functional groups attached to an aromatic ring is 1. The number of aromatic amines is 1. The number of aliphatic imine (C=N–C) groups is 1. The van der Waals surface area contributed by atoms with Crippen LogP contribution in [0.4, 0.5) is 5.69 Å². The number of nitrogens with zero attached hydrogens (tertiary/aromatic N) is 1. The summed E-state index contributed by atoms with van der Waals surface area (Å²) in [5, 5.41) is 26.2. The predicted molar refractivity (Wildman–Crippen MR) is 116 cm³/mol. The number of H-pyrrole nitrogens is 1. The van der Waals surface area contributed by atoms with Gasteiger partial charge in [0.1, 0.15) is 5.75 Å². The van der Waals surface area contributed by atoms with Crippen LogP contribution in [-0.2, 0) is 0 Å². The molecule has 1 heterocycles. The van der Waals surface area contributed by atoms with Crippen LogP contribution in [0.25, 0.3) is 10.9 Å². The highest BCUT2D eigenvalue weighted by Crippen LogP contribution is 2.33. The number of hydrogen-bond acceptors (Lipinski definition) is 6. The van der Waals surface area contributed by atoms with Crippen molar-refractivity contribution in [1.82, 2.24) is 4.98 Å². The van der Waals surface area contributed by atoms with Crippen LogP contribution in [0.3, 0.4) is 0 Å². The topological polar surface area (TPSA) is 131 Å². The SMILES string of the molecule is COc1cc(C(=N/C(C=N)=C/C=N)c2c(O)[nH]c3ccc(Br)cc23)ccc1N. The van der Waals surface area contributed by atoms with E-state index in [1.54, 1.807) is 18.2 Å². The predicted octanol–water partition coefficient (Wildman–Crippen LogP) is 4.25. The van der Waals surface area contributed by atoms with Gasteiger partial charge in [-0.05, 0) is 36.4 Å². The maximum absolute atomic E-state index is 10.6. The highest BCUT2D eigenvalue weighted by molar-refractivity contribution is 9.10. The summed E-state index contributed by atoms with van der Waals surface area (Å²) in [5.74, 6) is 0.417. The molecular weight excluding hydrogens is 422 g/mol. The summed E-state index contributed by atoms with van der Waals surface area (Å²) in [7, 11) is 1.52. The lowest BCUT2D eigenvalue weighted by molar-refractivity contribution is 0.417. The van der Waals surface area contributed by atoms with E-state index in [0.717, 1.165) is 27.8 Å². The van der Waals surface area contributed by atoms with Gasteiger partial charge in [0.05, 0.1) is 29.8 Å². The normalized spacial score (nSPS) is 12.2. The molecular formula is C20H18BrN5O2. The molecule has 6 N–H and O–H groups in total. The number of benzene rings is 2. The number of rotatable bonds is 6. The monoisotopic (exact) mass is 439 g/mol. The highest BCUT2D eigenvalue weighted by Gasteiger charge is 2.20. The lowest BCUT2D eigenvalue weighted by Gasteiger charge is -2.11. The molecule has 142 valence electrons. The maximum Gasteiger partial charge on any atom is 0.199 e. The fourth-order valence-corrected chi connectivity index (χ4v) is 3.21. The molecule has 0 amide bonds. The number of anilines is 1. The van der Waals surface area contributed by atoms with Gasteiger partial charge in [-0.25, -0.2) is 4.99 Å². The molecule has 3 aromatic rings. The summed E-state index contributed by atoms with van der Waals surface area (Å²) in [6.45, 7) is 0. The van der Waals surface area contributed by atoms with Crippen molar-refractivity contribution in [3.8, 4) is 11.6 Å². The van der Waals surface area contributed by atoms with Crippen molar-refractivity contribution in [3.05, 3.63) is 63.8 Å². The van der Waals surface area contributed by atoms with Crippen LogP contribution in [0.15, 0.2) is 57.6 Å². The molecule has 0 fully saturated rings. The molecule has 2 aromatic carbocycles. The molecule has 0 saturated carbocycles. The third-order valence-corrected chi connectivity index (χ3v) is 4.62. The van der Waals surface area contributed by atoms with Crippen molar-refractivity contribution in [1.29, 1.82) is 10.8 Å². The number of allylic oxidation sites excluding steroid dienone is 2. The average molecular weight is 440 g/mol. The summed E-state index contributed by atoms with van der Waals surface area (Å²) in [4.78, 5) is 7.48. The van der Waals surface area contributed by atoms with Crippen LogP contribution in [0.5, 0.6) is 11.6 Å². The molecule has 0 unspecified atom stereocenters.